The molecule has 0 radical (unpaired) electrons. The molecular weight excluding hydrogens is 186 g/mol. The second-order valence-corrected chi connectivity index (χ2v) is 5.51. The highest BCUT2D eigenvalue weighted by molar-refractivity contribution is 4.62. The van der Waals surface area contributed by atoms with Gasteiger partial charge in [-0.15, -0.1) is 0 Å². The lowest BCUT2D eigenvalue weighted by Crippen LogP contribution is -2.37. The van der Waals surface area contributed by atoms with E-state index in [4.69, 9.17) is 0 Å². The molecule has 0 rings (SSSR count). The summed E-state index contributed by atoms with van der Waals surface area (Å²) in [5, 5.41) is 11.5. The van der Waals surface area contributed by atoms with E-state index >= 15 is 0 Å². The Kier molecular flexibility index (Phi) is 7.20. The zero-order valence-electron chi connectivity index (χ0n) is 11.3. The van der Waals surface area contributed by atoms with Crippen molar-refractivity contribution in [2.24, 2.45) is 11.8 Å². The summed E-state index contributed by atoms with van der Waals surface area (Å²) in [7, 11) is 3.48. The Morgan fingerprint density at radius 1 is 1.20 bits per heavy atom. The number of hydrogen-bond donors (Lipinski definition) is 0. The van der Waals surface area contributed by atoms with Crippen LogP contribution < -0.4 is 0 Å². The topological polar surface area (TPSA) is 23.1 Å². The van der Waals surface area contributed by atoms with Gasteiger partial charge in [0.2, 0.25) is 0 Å². The van der Waals surface area contributed by atoms with Crippen LogP contribution in [-0.2, 0) is 0 Å². The van der Waals surface area contributed by atoms with Crippen molar-refractivity contribution < 1.29 is 4.65 Å². The summed E-state index contributed by atoms with van der Waals surface area (Å²) < 4.78 is -0.147. The SMILES string of the molecule is CCCCC(CC)CC(C)C[N+](C)(C)[O-]. The summed E-state index contributed by atoms with van der Waals surface area (Å²) in [5.74, 6) is 1.38. The van der Waals surface area contributed by atoms with Crippen molar-refractivity contribution in [3.05, 3.63) is 5.21 Å². The summed E-state index contributed by atoms with van der Waals surface area (Å²) in [4.78, 5) is 0. The van der Waals surface area contributed by atoms with Crippen molar-refractivity contribution >= 4 is 0 Å². The van der Waals surface area contributed by atoms with Crippen LogP contribution in [0, 0.1) is 17.0 Å². The first kappa shape index (κ1) is 14.9. The van der Waals surface area contributed by atoms with Gasteiger partial charge in [-0.25, -0.2) is 0 Å². The Balaban J connectivity index is 3.85. The Morgan fingerprint density at radius 3 is 2.20 bits per heavy atom. The molecule has 0 aliphatic rings. The van der Waals surface area contributed by atoms with Crippen LogP contribution in [0.15, 0.2) is 0 Å². The third-order valence-corrected chi connectivity index (χ3v) is 3.03. The zero-order valence-corrected chi connectivity index (χ0v) is 11.3. The van der Waals surface area contributed by atoms with Crippen LogP contribution in [-0.4, -0.2) is 25.3 Å². The molecule has 0 heterocycles. The highest BCUT2D eigenvalue weighted by Gasteiger charge is 2.15. The molecule has 0 aromatic heterocycles. The molecule has 0 saturated heterocycles. The van der Waals surface area contributed by atoms with Crippen LogP contribution in [0.5, 0.6) is 0 Å². The zero-order chi connectivity index (χ0) is 11.9. The third-order valence-electron chi connectivity index (χ3n) is 3.03. The fraction of sp³-hybridized carbons (Fsp3) is 1.00. The number of quaternary nitrogens is 1. The van der Waals surface area contributed by atoms with Crippen molar-refractivity contribution in [1.82, 2.24) is 0 Å². The number of unbranched alkanes of at least 4 members (excludes halogenated alkanes) is 1. The van der Waals surface area contributed by atoms with Gasteiger partial charge in [-0.3, -0.25) is 0 Å². The smallest absolute Gasteiger partial charge is 0.0805 e. The van der Waals surface area contributed by atoms with E-state index in [0.29, 0.717) is 5.92 Å². The third kappa shape index (κ3) is 8.88. The first-order chi connectivity index (χ1) is 6.89. The maximum Gasteiger partial charge on any atom is 0.0805 e. The highest BCUT2D eigenvalue weighted by Crippen LogP contribution is 2.22. The van der Waals surface area contributed by atoms with E-state index in [0.717, 1.165) is 12.5 Å². The Morgan fingerprint density at radius 2 is 1.80 bits per heavy atom. The molecule has 0 saturated carbocycles. The van der Waals surface area contributed by atoms with Gasteiger partial charge in [0, 0.05) is 5.92 Å². The Bertz CT molecular complexity index is 151. The van der Waals surface area contributed by atoms with E-state index in [1.807, 2.05) is 0 Å². The van der Waals surface area contributed by atoms with Crippen molar-refractivity contribution in [2.45, 2.75) is 52.9 Å². The molecule has 2 atom stereocenters. The molecule has 0 spiro atoms. The minimum absolute atomic E-state index is 0.147. The van der Waals surface area contributed by atoms with Gasteiger partial charge in [-0.2, -0.15) is 0 Å². The predicted molar refractivity (Wildman–Crippen MR) is 67.4 cm³/mol. The van der Waals surface area contributed by atoms with Crippen molar-refractivity contribution in [3.63, 3.8) is 0 Å². The van der Waals surface area contributed by atoms with E-state index in [9.17, 15) is 5.21 Å². The quantitative estimate of drug-likeness (QED) is 0.446. The summed E-state index contributed by atoms with van der Waals surface area (Å²) in [6, 6.07) is 0. The minimum atomic E-state index is -0.147. The van der Waals surface area contributed by atoms with E-state index in [1.54, 1.807) is 14.1 Å². The number of hydroxylamine groups is 3. The molecule has 0 N–H and O–H groups in total. The van der Waals surface area contributed by atoms with Crippen molar-refractivity contribution in [1.29, 1.82) is 0 Å². The van der Waals surface area contributed by atoms with Crippen molar-refractivity contribution in [2.75, 3.05) is 20.6 Å². The average Bonchev–Trinajstić information content (AvgIpc) is 2.09. The molecule has 0 bridgehead atoms. The minimum Gasteiger partial charge on any atom is -0.633 e. The average molecular weight is 215 g/mol. The van der Waals surface area contributed by atoms with Crippen LogP contribution in [0.1, 0.15) is 52.9 Å². The molecule has 0 aliphatic carbocycles. The molecule has 15 heavy (non-hydrogen) atoms. The van der Waals surface area contributed by atoms with Gasteiger partial charge in [0.05, 0.1) is 20.6 Å². The molecule has 0 fully saturated rings. The summed E-state index contributed by atoms with van der Waals surface area (Å²) in [6.45, 7) is 7.48. The molecule has 0 aromatic rings. The monoisotopic (exact) mass is 215 g/mol. The molecular formula is C13H29NO. The lowest BCUT2D eigenvalue weighted by molar-refractivity contribution is -0.843. The fourth-order valence-corrected chi connectivity index (χ4v) is 2.38. The largest absolute Gasteiger partial charge is 0.633 e. The predicted octanol–water partition coefficient (Wildman–Crippen LogP) is 3.80. The van der Waals surface area contributed by atoms with Gasteiger partial charge in [0.25, 0.3) is 0 Å². The standard InChI is InChI=1S/C13H29NO/c1-6-8-9-13(7-2)10-12(3)11-14(4,5)15/h12-13H,6-11H2,1-5H3. The number of hydrogen-bond acceptors (Lipinski definition) is 1. The van der Waals surface area contributed by atoms with Gasteiger partial charge in [0.1, 0.15) is 0 Å². The molecule has 0 aliphatic heterocycles. The van der Waals surface area contributed by atoms with Gasteiger partial charge in [0.15, 0.2) is 0 Å². The summed E-state index contributed by atoms with van der Waals surface area (Å²) in [5.41, 5.74) is 0. The molecule has 0 aromatic carbocycles. The van der Waals surface area contributed by atoms with E-state index in [-0.39, 0.29) is 4.65 Å². The van der Waals surface area contributed by atoms with Crippen LogP contribution in [0.4, 0.5) is 0 Å². The lowest BCUT2D eigenvalue weighted by Gasteiger charge is -2.37. The molecule has 2 nitrogen and oxygen atoms in total. The van der Waals surface area contributed by atoms with Gasteiger partial charge in [-0.05, 0) is 12.3 Å². The van der Waals surface area contributed by atoms with Gasteiger partial charge < -0.3 is 9.85 Å². The normalized spacial score (nSPS) is 16.4. The van der Waals surface area contributed by atoms with E-state index < -0.39 is 0 Å². The molecule has 0 amide bonds. The Hall–Kier alpha value is -0.0800. The first-order valence-electron chi connectivity index (χ1n) is 6.43. The number of nitrogens with zero attached hydrogens (tertiary/aromatic N) is 1. The van der Waals surface area contributed by atoms with Crippen LogP contribution in [0.25, 0.3) is 0 Å². The van der Waals surface area contributed by atoms with Crippen LogP contribution >= 0.6 is 0 Å². The molecule has 2 heteroatoms. The maximum atomic E-state index is 11.5. The van der Waals surface area contributed by atoms with Crippen LogP contribution in [0.2, 0.25) is 0 Å². The van der Waals surface area contributed by atoms with Crippen LogP contribution in [0.3, 0.4) is 0 Å². The number of rotatable bonds is 8. The summed E-state index contributed by atoms with van der Waals surface area (Å²) >= 11 is 0. The summed E-state index contributed by atoms with van der Waals surface area (Å²) in [6.07, 6.45) is 6.44. The molecule has 92 valence electrons. The fourth-order valence-electron chi connectivity index (χ4n) is 2.38. The maximum absolute atomic E-state index is 11.5. The lowest BCUT2D eigenvalue weighted by atomic mass is 9.89. The van der Waals surface area contributed by atoms with Gasteiger partial charge in [-0.1, -0.05) is 46.5 Å². The van der Waals surface area contributed by atoms with Gasteiger partial charge >= 0.3 is 0 Å². The first-order valence-corrected chi connectivity index (χ1v) is 6.43. The van der Waals surface area contributed by atoms with E-state index in [1.165, 1.54) is 32.1 Å². The molecule has 2 unspecified atom stereocenters. The Labute approximate surface area is 95.8 Å². The van der Waals surface area contributed by atoms with E-state index in [2.05, 4.69) is 20.8 Å². The second kappa shape index (κ2) is 7.24. The second-order valence-electron chi connectivity index (χ2n) is 5.51. The highest BCUT2D eigenvalue weighted by atomic mass is 16.5. The van der Waals surface area contributed by atoms with Crippen molar-refractivity contribution in [3.8, 4) is 0 Å².